The molecule has 0 unspecified atom stereocenters. The second-order valence-corrected chi connectivity index (χ2v) is 3.68. The van der Waals surface area contributed by atoms with E-state index in [0.717, 1.165) is 25.0 Å². The van der Waals surface area contributed by atoms with Crippen molar-refractivity contribution in [3.05, 3.63) is 35.4 Å². The Morgan fingerprint density at radius 3 is 2.38 bits per heavy atom. The quantitative estimate of drug-likeness (QED) is 0.774. The molecule has 0 saturated heterocycles. The maximum absolute atomic E-state index is 13.3. The van der Waals surface area contributed by atoms with Crippen molar-refractivity contribution in [2.24, 2.45) is 0 Å². The average molecular weight is 227 g/mol. The maximum atomic E-state index is 13.3. The van der Waals surface area contributed by atoms with E-state index in [4.69, 9.17) is 0 Å². The fourth-order valence-corrected chi connectivity index (χ4v) is 1.39. The molecule has 0 radical (unpaired) electrons. The van der Waals surface area contributed by atoms with E-state index in [1.54, 1.807) is 7.05 Å². The lowest BCUT2D eigenvalue weighted by Gasteiger charge is -2.17. The molecule has 2 nitrogen and oxygen atoms in total. The Morgan fingerprint density at radius 1 is 1.31 bits per heavy atom. The van der Waals surface area contributed by atoms with E-state index < -0.39 is 23.1 Å². The molecule has 0 heterocycles. The number of hydrogen-bond acceptors (Lipinski definition) is 1. The molecule has 0 aromatic heterocycles. The number of benzene rings is 1. The summed E-state index contributed by atoms with van der Waals surface area (Å²) >= 11 is 0. The summed E-state index contributed by atoms with van der Waals surface area (Å²) in [6.07, 6.45) is 1.75. The van der Waals surface area contributed by atoms with Crippen LogP contribution >= 0.6 is 0 Å². The van der Waals surface area contributed by atoms with Crippen LogP contribution in [0.2, 0.25) is 0 Å². The molecule has 0 fully saturated rings. The molecule has 16 heavy (non-hydrogen) atoms. The Morgan fingerprint density at radius 2 is 1.88 bits per heavy atom. The number of hydrogen-bond donors (Lipinski definition) is 0. The number of amides is 1. The van der Waals surface area contributed by atoms with Crippen molar-refractivity contribution in [3.63, 3.8) is 0 Å². The summed E-state index contributed by atoms with van der Waals surface area (Å²) in [7, 11) is 1.55. The lowest BCUT2D eigenvalue weighted by molar-refractivity contribution is 0.0783. The van der Waals surface area contributed by atoms with Gasteiger partial charge in [0.2, 0.25) is 0 Å². The molecule has 0 N–H and O–H groups in total. The largest absolute Gasteiger partial charge is 0.342 e. The molecule has 1 amide bonds. The third-order valence-electron chi connectivity index (χ3n) is 2.37. The molecule has 0 aliphatic carbocycles. The van der Waals surface area contributed by atoms with E-state index in [1.807, 2.05) is 6.92 Å². The van der Waals surface area contributed by atoms with Crippen molar-refractivity contribution in [1.29, 1.82) is 0 Å². The molecule has 1 aromatic rings. The molecule has 0 aliphatic heterocycles. The fourth-order valence-electron chi connectivity index (χ4n) is 1.39. The molecule has 88 valence electrons. The van der Waals surface area contributed by atoms with Gasteiger partial charge in [0.05, 0.1) is 0 Å². The van der Waals surface area contributed by atoms with Gasteiger partial charge in [-0.3, -0.25) is 4.79 Å². The predicted octanol–water partition coefficient (Wildman–Crippen LogP) is 2.84. The van der Waals surface area contributed by atoms with Gasteiger partial charge in [-0.25, -0.2) is 8.78 Å². The van der Waals surface area contributed by atoms with E-state index in [2.05, 4.69) is 0 Å². The van der Waals surface area contributed by atoms with Crippen LogP contribution in [-0.4, -0.2) is 24.4 Å². The van der Waals surface area contributed by atoms with Gasteiger partial charge in [0.25, 0.3) is 5.91 Å². The normalized spacial score (nSPS) is 10.2. The molecule has 0 spiro atoms. The van der Waals surface area contributed by atoms with Crippen LogP contribution in [0.25, 0.3) is 0 Å². The summed E-state index contributed by atoms with van der Waals surface area (Å²) in [6.45, 7) is 2.49. The highest BCUT2D eigenvalue weighted by molar-refractivity contribution is 5.94. The first kappa shape index (κ1) is 12.6. The second-order valence-electron chi connectivity index (χ2n) is 3.68. The van der Waals surface area contributed by atoms with Crippen molar-refractivity contribution in [2.45, 2.75) is 19.8 Å². The number of carbonyl (C=O) groups is 1. The van der Waals surface area contributed by atoms with Crippen LogP contribution in [-0.2, 0) is 0 Å². The van der Waals surface area contributed by atoms with Crippen LogP contribution in [0.15, 0.2) is 18.2 Å². The standard InChI is InChI=1S/C12H15F2NO/c1-3-4-8-15(2)12(16)11-9(13)6-5-7-10(11)14/h5-7H,3-4,8H2,1-2H3. The first-order chi connectivity index (χ1) is 7.57. The predicted molar refractivity (Wildman–Crippen MR) is 58.2 cm³/mol. The molecule has 0 atom stereocenters. The summed E-state index contributed by atoms with van der Waals surface area (Å²) in [5.74, 6) is -2.23. The minimum atomic E-state index is -0.812. The zero-order valence-electron chi connectivity index (χ0n) is 9.46. The molecule has 0 saturated carbocycles. The molecule has 1 aromatic carbocycles. The smallest absolute Gasteiger partial charge is 0.259 e. The molecular weight excluding hydrogens is 212 g/mol. The van der Waals surface area contributed by atoms with Gasteiger partial charge in [-0.2, -0.15) is 0 Å². The van der Waals surface area contributed by atoms with Crippen molar-refractivity contribution in [3.8, 4) is 0 Å². The van der Waals surface area contributed by atoms with Crippen molar-refractivity contribution in [1.82, 2.24) is 4.90 Å². The van der Waals surface area contributed by atoms with E-state index in [1.165, 1.54) is 11.0 Å². The van der Waals surface area contributed by atoms with Gasteiger partial charge in [0.15, 0.2) is 0 Å². The zero-order valence-corrected chi connectivity index (χ0v) is 9.46. The minimum absolute atomic E-state index is 0.471. The van der Waals surface area contributed by atoms with Crippen LogP contribution in [0.1, 0.15) is 30.1 Å². The molecular formula is C12H15F2NO. The Kier molecular flexibility index (Phi) is 4.40. The van der Waals surface area contributed by atoms with E-state index in [9.17, 15) is 13.6 Å². The van der Waals surface area contributed by atoms with Crippen LogP contribution in [0, 0.1) is 11.6 Å². The number of nitrogens with zero attached hydrogens (tertiary/aromatic N) is 1. The zero-order chi connectivity index (χ0) is 12.1. The summed E-state index contributed by atoms with van der Waals surface area (Å²) in [4.78, 5) is 13.1. The first-order valence-corrected chi connectivity index (χ1v) is 5.27. The fraction of sp³-hybridized carbons (Fsp3) is 0.417. The summed E-state index contributed by atoms with van der Waals surface area (Å²) in [6, 6.07) is 3.42. The lowest BCUT2D eigenvalue weighted by Crippen LogP contribution is -2.29. The molecule has 4 heteroatoms. The monoisotopic (exact) mass is 227 g/mol. The number of carbonyl (C=O) groups excluding carboxylic acids is 1. The van der Waals surface area contributed by atoms with E-state index >= 15 is 0 Å². The van der Waals surface area contributed by atoms with Gasteiger partial charge < -0.3 is 4.90 Å². The van der Waals surface area contributed by atoms with Gasteiger partial charge in [-0.05, 0) is 18.6 Å². The number of halogens is 2. The minimum Gasteiger partial charge on any atom is -0.342 e. The van der Waals surface area contributed by atoms with Crippen molar-refractivity contribution >= 4 is 5.91 Å². The summed E-state index contributed by atoms with van der Waals surface area (Å²) in [5, 5.41) is 0. The first-order valence-electron chi connectivity index (χ1n) is 5.27. The number of unbranched alkanes of at least 4 members (excludes halogenated alkanes) is 1. The third kappa shape index (κ3) is 2.78. The summed E-state index contributed by atoms with van der Waals surface area (Å²) < 4.78 is 26.6. The maximum Gasteiger partial charge on any atom is 0.259 e. The third-order valence-corrected chi connectivity index (χ3v) is 2.37. The second kappa shape index (κ2) is 5.58. The van der Waals surface area contributed by atoms with E-state index in [-0.39, 0.29) is 0 Å². The molecule has 0 bridgehead atoms. The lowest BCUT2D eigenvalue weighted by atomic mass is 10.1. The van der Waals surface area contributed by atoms with Crippen LogP contribution in [0.4, 0.5) is 8.78 Å². The van der Waals surface area contributed by atoms with Gasteiger partial charge in [0, 0.05) is 13.6 Å². The van der Waals surface area contributed by atoms with Gasteiger partial charge in [-0.1, -0.05) is 19.4 Å². The average Bonchev–Trinajstić information content (AvgIpc) is 2.25. The van der Waals surface area contributed by atoms with Crippen molar-refractivity contribution < 1.29 is 13.6 Å². The Balaban J connectivity index is 2.87. The van der Waals surface area contributed by atoms with Crippen molar-refractivity contribution in [2.75, 3.05) is 13.6 Å². The highest BCUT2D eigenvalue weighted by Crippen LogP contribution is 2.14. The van der Waals surface area contributed by atoms with Gasteiger partial charge >= 0.3 is 0 Å². The highest BCUT2D eigenvalue weighted by Gasteiger charge is 2.19. The molecule has 1 rings (SSSR count). The highest BCUT2D eigenvalue weighted by atomic mass is 19.1. The number of rotatable bonds is 4. The van der Waals surface area contributed by atoms with Crippen LogP contribution in [0.3, 0.4) is 0 Å². The molecule has 0 aliphatic rings. The topological polar surface area (TPSA) is 20.3 Å². The summed E-state index contributed by atoms with van der Waals surface area (Å²) in [5.41, 5.74) is -0.471. The van der Waals surface area contributed by atoms with E-state index in [0.29, 0.717) is 6.54 Å². The Labute approximate surface area is 93.9 Å². The Bertz CT molecular complexity index is 359. The Hall–Kier alpha value is -1.45. The van der Waals surface area contributed by atoms with Crippen LogP contribution < -0.4 is 0 Å². The SMILES string of the molecule is CCCCN(C)C(=O)c1c(F)cccc1F. The van der Waals surface area contributed by atoms with Crippen LogP contribution in [0.5, 0.6) is 0 Å². The van der Waals surface area contributed by atoms with Gasteiger partial charge in [-0.15, -0.1) is 0 Å². The van der Waals surface area contributed by atoms with Gasteiger partial charge in [0.1, 0.15) is 17.2 Å².